The van der Waals surface area contributed by atoms with Crippen LogP contribution in [0.2, 0.25) is 0 Å². The van der Waals surface area contributed by atoms with Gasteiger partial charge in [0, 0.05) is 0 Å². The normalized spacial score (nSPS) is 26.7. The van der Waals surface area contributed by atoms with Gasteiger partial charge in [-0.3, -0.25) is 0 Å². The molecule has 0 aromatic carbocycles. The maximum absolute atomic E-state index is 4.08. The number of thioether (sulfide) groups is 2. The predicted molar refractivity (Wildman–Crippen MR) is 56.2 cm³/mol. The molecule has 0 spiro atoms. The number of hydrogen-bond acceptors (Lipinski definition) is 6. The van der Waals surface area contributed by atoms with E-state index in [2.05, 4.69) is 20.0 Å². The van der Waals surface area contributed by atoms with Gasteiger partial charge >= 0.3 is 0 Å². The van der Waals surface area contributed by atoms with Gasteiger partial charge in [0.05, 0.1) is 11.1 Å². The average Bonchev–Trinajstić information content (AvgIpc) is 2.21. The Morgan fingerprint density at radius 3 is 1.67 bits per heavy atom. The Kier molecular flexibility index (Phi) is 2.38. The third kappa shape index (κ3) is 1.64. The van der Waals surface area contributed by atoms with Crippen LogP contribution in [0, 0.1) is 0 Å². The van der Waals surface area contributed by atoms with Crippen molar-refractivity contribution in [2.45, 2.75) is 0 Å². The third-order valence-corrected chi connectivity index (χ3v) is 2.74. The molecule has 0 N–H and O–H groups in total. The Morgan fingerprint density at radius 2 is 1.33 bits per heavy atom. The summed E-state index contributed by atoms with van der Waals surface area (Å²) >= 11 is 2.93. The minimum Gasteiger partial charge on any atom is -0.238 e. The zero-order valence-corrected chi connectivity index (χ0v) is 7.55. The van der Waals surface area contributed by atoms with Crippen LogP contribution in [0.15, 0.2) is 30.0 Å². The first-order chi connectivity index (χ1) is 5.97. The Balaban J connectivity index is 2.25. The highest BCUT2D eigenvalue weighted by Crippen LogP contribution is 2.29. The summed E-state index contributed by atoms with van der Waals surface area (Å²) in [5.74, 6) is 0. The summed E-state index contributed by atoms with van der Waals surface area (Å²) < 4.78 is 0. The van der Waals surface area contributed by atoms with Gasteiger partial charge in [0.25, 0.3) is 0 Å². The Hall–Kier alpha value is -0.880. The van der Waals surface area contributed by atoms with E-state index >= 15 is 0 Å². The van der Waals surface area contributed by atoms with E-state index in [1.54, 1.807) is 11.1 Å². The van der Waals surface area contributed by atoms with Crippen LogP contribution in [0.5, 0.6) is 0 Å². The van der Waals surface area contributed by atoms with Gasteiger partial charge in [0.1, 0.15) is 22.7 Å². The lowest BCUT2D eigenvalue weighted by molar-refractivity contribution is 1.40. The van der Waals surface area contributed by atoms with E-state index in [-0.39, 0.29) is 0 Å². The second-order valence-corrected chi connectivity index (χ2v) is 3.51. The van der Waals surface area contributed by atoms with Crippen molar-refractivity contribution in [1.82, 2.24) is 0 Å². The van der Waals surface area contributed by atoms with Gasteiger partial charge in [-0.25, -0.2) is 20.0 Å². The first-order valence-corrected chi connectivity index (χ1v) is 4.89. The zero-order chi connectivity index (χ0) is 8.23. The SMILES string of the molecule is C1=NC=NC(=C2N=CN=CS2)S1. The van der Waals surface area contributed by atoms with Crippen LogP contribution in [-0.4, -0.2) is 23.8 Å². The summed E-state index contributed by atoms with van der Waals surface area (Å²) in [6, 6.07) is 0. The summed E-state index contributed by atoms with van der Waals surface area (Å²) in [7, 11) is 0. The lowest BCUT2D eigenvalue weighted by atomic mass is 10.9. The average molecular weight is 196 g/mol. The van der Waals surface area contributed by atoms with Gasteiger partial charge in [-0.05, 0) is 0 Å². The molecule has 0 atom stereocenters. The van der Waals surface area contributed by atoms with Crippen LogP contribution >= 0.6 is 23.5 Å². The molecule has 0 unspecified atom stereocenters. The topological polar surface area (TPSA) is 49.4 Å². The summed E-state index contributed by atoms with van der Waals surface area (Å²) in [6.07, 6.45) is 3.03. The van der Waals surface area contributed by atoms with Crippen LogP contribution in [-0.2, 0) is 0 Å². The van der Waals surface area contributed by atoms with E-state index in [0.717, 1.165) is 10.1 Å². The molecule has 0 bridgehead atoms. The molecule has 4 nitrogen and oxygen atoms in total. The van der Waals surface area contributed by atoms with Crippen LogP contribution in [0.25, 0.3) is 0 Å². The van der Waals surface area contributed by atoms with Crippen molar-refractivity contribution in [3.63, 3.8) is 0 Å². The second kappa shape index (κ2) is 3.68. The number of hydrogen-bond donors (Lipinski definition) is 0. The van der Waals surface area contributed by atoms with E-state index in [4.69, 9.17) is 0 Å². The molecule has 2 heterocycles. The van der Waals surface area contributed by atoms with Crippen LogP contribution in [0.3, 0.4) is 0 Å². The van der Waals surface area contributed by atoms with Gasteiger partial charge in [-0.2, -0.15) is 0 Å². The number of aliphatic imine (C=N–C) groups is 4. The third-order valence-electron chi connectivity index (χ3n) is 1.12. The molecular weight excluding hydrogens is 192 g/mol. The zero-order valence-electron chi connectivity index (χ0n) is 5.91. The predicted octanol–water partition coefficient (Wildman–Crippen LogP) is 1.72. The van der Waals surface area contributed by atoms with Gasteiger partial charge in [0.2, 0.25) is 0 Å². The number of rotatable bonds is 0. The van der Waals surface area contributed by atoms with E-state index in [9.17, 15) is 0 Å². The van der Waals surface area contributed by atoms with E-state index in [1.807, 2.05) is 0 Å². The molecule has 0 aromatic heterocycles. The largest absolute Gasteiger partial charge is 0.238 e. The molecule has 0 fully saturated rings. The highest BCUT2D eigenvalue weighted by Gasteiger charge is 2.07. The molecule has 2 rings (SSSR count). The molecule has 6 heteroatoms. The summed E-state index contributed by atoms with van der Waals surface area (Å²) in [5, 5.41) is 1.75. The molecular formula is C6H4N4S2. The van der Waals surface area contributed by atoms with Gasteiger partial charge in [-0.15, -0.1) is 0 Å². The minimum absolute atomic E-state index is 0.873. The Morgan fingerprint density at radius 1 is 0.833 bits per heavy atom. The highest BCUT2D eigenvalue weighted by atomic mass is 32.2. The molecule has 0 aromatic rings. The summed E-state index contributed by atoms with van der Waals surface area (Å²) in [5.41, 5.74) is 3.47. The maximum atomic E-state index is 4.08. The molecule has 2 aliphatic rings. The van der Waals surface area contributed by atoms with Crippen molar-refractivity contribution in [3.8, 4) is 0 Å². The van der Waals surface area contributed by atoms with E-state index < -0.39 is 0 Å². The molecule has 12 heavy (non-hydrogen) atoms. The lowest BCUT2D eigenvalue weighted by Crippen LogP contribution is -1.89. The van der Waals surface area contributed by atoms with Crippen LogP contribution < -0.4 is 0 Å². The highest BCUT2D eigenvalue weighted by molar-refractivity contribution is 8.18. The maximum Gasteiger partial charge on any atom is 0.136 e. The van der Waals surface area contributed by atoms with Crippen molar-refractivity contribution >= 4 is 47.3 Å². The quantitative estimate of drug-likeness (QED) is 0.592. The van der Waals surface area contributed by atoms with Crippen molar-refractivity contribution < 1.29 is 0 Å². The Bertz CT molecular complexity index is 294. The van der Waals surface area contributed by atoms with Crippen molar-refractivity contribution in [2.75, 3.05) is 0 Å². The minimum atomic E-state index is 0.873. The fourth-order valence-corrected chi connectivity index (χ4v) is 1.90. The molecule has 0 saturated carbocycles. The Labute approximate surface area is 77.7 Å². The van der Waals surface area contributed by atoms with E-state index in [1.165, 1.54) is 36.2 Å². The molecule has 0 amide bonds. The van der Waals surface area contributed by atoms with Crippen molar-refractivity contribution in [1.29, 1.82) is 0 Å². The number of nitrogens with zero attached hydrogens (tertiary/aromatic N) is 4. The van der Waals surface area contributed by atoms with Gasteiger partial charge in [-0.1, -0.05) is 23.5 Å². The molecule has 0 radical (unpaired) electrons. The second-order valence-electron chi connectivity index (χ2n) is 1.84. The van der Waals surface area contributed by atoms with Crippen LogP contribution in [0.4, 0.5) is 0 Å². The first-order valence-electron chi connectivity index (χ1n) is 3.13. The van der Waals surface area contributed by atoms with Gasteiger partial charge < -0.3 is 0 Å². The molecule has 2 aliphatic heterocycles. The summed E-state index contributed by atoms with van der Waals surface area (Å²) in [6.45, 7) is 0. The molecule has 0 saturated heterocycles. The van der Waals surface area contributed by atoms with E-state index in [0.29, 0.717) is 0 Å². The standard InChI is InChI=1S/C6H4N4S2/c1-7-3-11-5(9-1)6-10-2-8-4-12-6/h1-4H. The fourth-order valence-electron chi connectivity index (χ4n) is 0.659. The van der Waals surface area contributed by atoms with Crippen LogP contribution in [0.1, 0.15) is 0 Å². The van der Waals surface area contributed by atoms with Crippen molar-refractivity contribution in [2.24, 2.45) is 20.0 Å². The van der Waals surface area contributed by atoms with Crippen molar-refractivity contribution in [3.05, 3.63) is 10.1 Å². The monoisotopic (exact) mass is 196 g/mol. The molecule has 0 aliphatic carbocycles. The first kappa shape index (κ1) is 7.75. The lowest BCUT2D eigenvalue weighted by Gasteiger charge is -2.05. The fraction of sp³-hybridized carbons (Fsp3) is 0. The molecule has 60 valence electrons. The van der Waals surface area contributed by atoms with Gasteiger partial charge in [0.15, 0.2) is 0 Å². The smallest absolute Gasteiger partial charge is 0.136 e. The summed E-state index contributed by atoms with van der Waals surface area (Å²) in [4.78, 5) is 15.8.